The molecule has 0 saturated carbocycles. The number of nitrogens with one attached hydrogen (secondary N) is 1. The number of rotatable bonds is 2. The molecule has 0 saturated heterocycles. The van der Waals surface area contributed by atoms with Gasteiger partial charge in [0.25, 0.3) is 0 Å². The first kappa shape index (κ1) is 13.9. The average molecular weight is 342 g/mol. The number of halogens is 1. The van der Waals surface area contributed by atoms with Crippen molar-refractivity contribution in [1.82, 2.24) is 10.2 Å². The van der Waals surface area contributed by atoms with Crippen LogP contribution in [0.15, 0.2) is 46.9 Å². The second-order valence-electron chi connectivity index (χ2n) is 5.21. The summed E-state index contributed by atoms with van der Waals surface area (Å²) in [6, 6.07) is 14.5. The van der Waals surface area contributed by atoms with Crippen molar-refractivity contribution in [3.05, 3.63) is 58.1 Å². The molecule has 0 spiro atoms. The summed E-state index contributed by atoms with van der Waals surface area (Å²) in [5, 5.41) is 7.26. The molecule has 0 aliphatic heterocycles. The monoisotopic (exact) mass is 341 g/mol. The van der Waals surface area contributed by atoms with Crippen molar-refractivity contribution in [3.63, 3.8) is 0 Å². The van der Waals surface area contributed by atoms with E-state index in [0.29, 0.717) is 5.82 Å². The predicted octanol–water partition coefficient (Wildman–Crippen LogP) is 4.71. The fourth-order valence-electron chi connectivity index (χ4n) is 2.39. The lowest BCUT2D eigenvalue weighted by atomic mass is 9.99. The quantitative estimate of drug-likeness (QED) is 0.709. The maximum atomic E-state index is 6.08. The lowest BCUT2D eigenvalue weighted by Gasteiger charge is -2.08. The summed E-state index contributed by atoms with van der Waals surface area (Å²) in [7, 11) is 0. The molecule has 0 aliphatic carbocycles. The topological polar surface area (TPSA) is 54.7 Å². The van der Waals surface area contributed by atoms with E-state index >= 15 is 0 Å². The van der Waals surface area contributed by atoms with Gasteiger partial charge in [0.1, 0.15) is 0 Å². The standard InChI is InChI=1S/C17H16BrN3/c1-10-3-6-12(7-4-10)15-16(20-21-17(15)19)13-9-11(2)5-8-14(13)18/h3-9H,1-2H3,(H3,19,20,21). The van der Waals surface area contributed by atoms with E-state index in [-0.39, 0.29) is 0 Å². The van der Waals surface area contributed by atoms with Crippen molar-refractivity contribution in [2.24, 2.45) is 0 Å². The van der Waals surface area contributed by atoms with Crippen LogP contribution < -0.4 is 5.73 Å². The van der Waals surface area contributed by atoms with E-state index in [1.807, 2.05) is 6.07 Å². The third-order valence-electron chi connectivity index (χ3n) is 3.53. The fraction of sp³-hybridized carbons (Fsp3) is 0.118. The largest absolute Gasteiger partial charge is 0.382 e. The lowest BCUT2D eigenvalue weighted by molar-refractivity contribution is 1.10. The summed E-state index contributed by atoms with van der Waals surface area (Å²) in [5.74, 6) is 0.516. The number of aromatic nitrogens is 2. The van der Waals surface area contributed by atoms with Gasteiger partial charge in [-0.15, -0.1) is 0 Å². The van der Waals surface area contributed by atoms with Crippen molar-refractivity contribution in [2.45, 2.75) is 13.8 Å². The van der Waals surface area contributed by atoms with Gasteiger partial charge in [0.2, 0.25) is 0 Å². The SMILES string of the molecule is Cc1ccc(-c2c(N)n[nH]c2-c2cc(C)ccc2Br)cc1. The predicted molar refractivity (Wildman–Crippen MR) is 91.0 cm³/mol. The molecule has 3 N–H and O–H groups in total. The molecule has 3 aromatic rings. The van der Waals surface area contributed by atoms with Crippen LogP contribution in [0.4, 0.5) is 5.82 Å². The van der Waals surface area contributed by atoms with Crippen LogP contribution in [-0.4, -0.2) is 10.2 Å². The van der Waals surface area contributed by atoms with Gasteiger partial charge in [-0.3, -0.25) is 5.10 Å². The number of nitrogen functional groups attached to an aromatic ring is 1. The second kappa shape index (κ2) is 5.37. The number of nitrogens with zero attached hydrogens (tertiary/aromatic N) is 1. The van der Waals surface area contributed by atoms with Crippen LogP contribution in [0.25, 0.3) is 22.4 Å². The minimum absolute atomic E-state index is 0.516. The van der Waals surface area contributed by atoms with Crippen molar-refractivity contribution in [1.29, 1.82) is 0 Å². The van der Waals surface area contributed by atoms with Gasteiger partial charge in [0, 0.05) is 10.0 Å². The van der Waals surface area contributed by atoms with Crippen molar-refractivity contribution < 1.29 is 0 Å². The molecular weight excluding hydrogens is 326 g/mol. The summed E-state index contributed by atoms with van der Waals surface area (Å²) in [6.07, 6.45) is 0. The Labute approximate surface area is 132 Å². The van der Waals surface area contributed by atoms with Crippen LogP contribution in [0.1, 0.15) is 11.1 Å². The van der Waals surface area contributed by atoms with Crippen LogP contribution in [0.2, 0.25) is 0 Å². The highest BCUT2D eigenvalue weighted by molar-refractivity contribution is 9.10. The Kier molecular flexibility index (Phi) is 3.55. The van der Waals surface area contributed by atoms with E-state index in [1.54, 1.807) is 0 Å². The molecule has 0 atom stereocenters. The van der Waals surface area contributed by atoms with Gasteiger partial charge in [-0.05, 0) is 31.5 Å². The zero-order valence-corrected chi connectivity index (χ0v) is 13.5. The molecule has 1 aromatic heterocycles. The molecule has 0 unspecified atom stereocenters. The second-order valence-corrected chi connectivity index (χ2v) is 6.06. The minimum atomic E-state index is 0.516. The Morgan fingerprint density at radius 2 is 1.67 bits per heavy atom. The molecule has 106 valence electrons. The third kappa shape index (κ3) is 2.59. The van der Waals surface area contributed by atoms with E-state index in [0.717, 1.165) is 26.9 Å². The molecule has 0 fully saturated rings. The normalized spacial score (nSPS) is 10.8. The molecule has 2 aromatic carbocycles. The molecule has 0 amide bonds. The first-order valence-electron chi connectivity index (χ1n) is 6.73. The number of benzene rings is 2. The van der Waals surface area contributed by atoms with Gasteiger partial charge in [-0.2, -0.15) is 5.10 Å². The Morgan fingerprint density at radius 3 is 2.38 bits per heavy atom. The van der Waals surface area contributed by atoms with E-state index in [9.17, 15) is 0 Å². The Balaban J connectivity index is 2.21. The molecule has 0 bridgehead atoms. The Bertz CT molecular complexity index is 788. The van der Waals surface area contributed by atoms with Gasteiger partial charge >= 0.3 is 0 Å². The molecule has 0 aliphatic rings. The summed E-state index contributed by atoms with van der Waals surface area (Å²) in [6.45, 7) is 4.14. The number of hydrogen-bond donors (Lipinski definition) is 2. The number of aryl methyl sites for hydroxylation is 2. The zero-order valence-electron chi connectivity index (χ0n) is 11.9. The third-order valence-corrected chi connectivity index (χ3v) is 4.22. The van der Waals surface area contributed by atoms with Crippen molar-refractivity contribution in [2.75, 3.05) is 5.73 Å². The Morgan fingerprint density at radius 1 is 1.00 bits per heavy atom. The van der Waals surface area contributed by atoms with E-state index < -0.39 is 0 Å². The van der Waals surface area contributed by atoms with E-state index in [2.05, 4.69) is 76.4 Å². The number of aromatic amines is 1. The van der Waals surface area contributed by atoms with Crippen LogP contribution in [0.3, 0.4) is 0 Å². The minimum Gasteiger partial charge on any atom is -0.382 e. The summed E-state index contributed by atoms with van der Waals surface area (Å²) < 4.78 is 1.02. The molecule has 1 heterocycles. The number of hydrogen-bond acceptors (Lipinski definition) is 2. The number of nitrogens with two attached hydrogens (primary N) is 1. The molecule has 21 heavy (non-hydrogen) atoms. The maximum absolute atomic E-state index is 6.08. The average Bonchev–Trinajstić information content (AvgIpc) is 2.84. The van der Waals surface area contributed by atoms with Gasteiger partial charge < -0.3 is 5.73 Å². The van der Waals surface area contributed by atoms with Crippen LogP contribution in [-0.2, 0) is 0 Å². The van der Waals surface area contributed by atoms with E-state index in [1.165, 1.54) is 11.1 Å². The van der Waals surface area contributed by atoms with Crippen LogP contribution >= 0.6 is 15.9 Å². The molecular formula is C17H16BrN3. The summed E-state index contributed by atoms with van der Waals surface area (Å²) >= 11 is 3.61. The highest BCUT2D eigenvalue weighted by Gasteiger charge is 2.16. The fourth-order valence-corrected chi connectivity index (χ4v) is 2.84. The van der Waals surface area contributed by atoms with Gasteiger partial charge in [-0.1, -0.05) is 57.4 Å². The maximum Gasteiger partial charge on any atom is 0.153 e. The molecule has 0 radical (unpaired) electrons. The smallest absolute Gasteiger partial charge is 0.153 e. The first-order chi connectivity index (χ1) is 10.1. The summed E-state index contributed by atoms with van der Waals surface area (Å²) in [5.41, 5.74) is 12.5. The van der Waals surface area contributed by atoms with Gasteiger partial charge in [-0.25, -0.2) is 0 Å². The molecule has 3 rings (SSSR count). The van der Waals surface area contributed by atoms with Crippen molar-refractivity contribution in [3.8, 4) is 22.4 Å². The molecule has 4 heteroatoms. The summed E-state index contributed by atoms with van der Waals surface area (Å²) in [4.78, 5) is 0. The Hall–Kier alpha value is -2.07. The highest BCUT2D eigenvalue weighted by atomic mass is 79.9. The van der Waals surface area contributed by atoms with Crippen molar-refractivity contribution >= 4 is 21.7 Å². The lowest BCUT2D eigenvalue weighted by Crippen LogP contribution is -1.90. The first-order valence-corrected chi connectivity index (χ1v) is 7.53. The number of H-pyrrole nitrogens is 1. The van der Waals surface area contributed by atoms with Gasteiger partial charge in [0.15, 0.2) is 5.82 Å². The highest BCUT2D eigenvalue weighted by Crippen LogP contribution is 2.38. The van der Waals surface area contributed by atoms with Crippen LogP contribution in [0.5, 0.6) is 0 Å². The molecule has 3 nitrogen and oxygen atoms in total. The number of anilines is 1. The van der Waals surface area contributed by atoms with E-state index in [4.69, 9.17) is 5.73 Å². The van der Waals surface area contributed by atoms with Gasteiger partial charge in [0.05, 0.1) is 11.3 Å². The van der Waals surface area contributed by atoms with Crippen LogP contribution in [0, 0.1) is 13.8 Å². The zero-order chi connectivity index (χ0) is 15.0.